The van der Waals surface area contributed by atoms with Crippen LogP contribution < -0.4 is 0 Å². The summed E-state index contributed by atoms with van der Waals surface area (Å²) in [5.74, 6) is 1.59. The second-order valence-electron chi connectivity index (χ2n) is 4.51. The molecule has 0 bridgehead atoms. The van der Waals surface area contributed by atoms with Crippen LogP contribution >= 0.6 is 34.2 Å². The van der Waals surface area contributed by atoms with Crippen LogP contribution in [-0.2, 0) is 13.0 Å². The molecule has 0 amide bonds. The molecular formula is C15H13ClIN3. The largest absolute Gasteiger partial charge is 0.322 e. The Morgan fingerprint density at radius 3 is 2.85 bits per heavy atom. The number of aryl methyl sites for hydroxylation is 1. The first kappa shape index (κ1) is 13.8. The lowest BCUT2D eigenvalue weighted by Crippen LogP contribution is -2.07. The molecular weight excluding hydrogens is 385 g/mol. The normalized spacial score (nSPS) is 11.1. The summed E-state index contributed by atoms with van der Waals surface area (Å²) >= 11 is 8.21. The summed E-state index contributed by atoms with van der Waals surface area (Å²) in [7, 11) is 0. The molecule has 2 heterocycles. The number of alkyl halides is 1. The van der Waals surface area contributed by atoms with Crippen molar-refractivity contribution in [1.29, 1.82) is 0 Å². The minimum absolute atomic E-state index is 0.572. The van der Waals surface area contributed by atoms with Gasteiger partial charge in [-0.3, -0.25) is 4.98 Å². The Labute approximate surface area is 136 Å². The van der Waals surface area contributed by atoms with Crippen LogP contribution in [0.3, 0.4) is 0 Å². The van der Waals surface area contributed by atoms with Crippen LogP contribution in [0.5, 0.6) is 0 Å². The third-order valence-corrected chi connectivity index (χ3v) is 4.01. The van der Waals surface area contributed by atoms with E-state index in [-0.39, 0.29) is 0 Å². The first-order valence-corrected chi connectivity index (χ1v) is 8.00. The minimum atomic E-state index is 0.572. The van der Waals surface area contributed by atoms with Crippen molar-refractivity contribution in [3.8, 4) is 0 Å². The molecule has 0 radical (unpaired) electrons. The first-order chi connectivity index (χ1) is 9.78. The van der Waals surface area contributed by atoms with E-state index in [9.17, 15) is 0 Å². The molecule has 3 rings (SSSR count). The zero-order valence-electron chi connectivity index (χ0n) is 10.8. The lowest BCUT2D eigenvalue weighted by molar-refractivity contribution is 0.738. The molecule has 0 spiro atoms. The quantitative estimate of drug-likeness (QED) is 0.494. The summed E-state index contributed by atoms with van der Waals surface area (Å²) in [6.45, 7) is 0.726. The van der Waals surface area contributed by atoms with Gasteiger partial charge in [-0.05, 0) is 52.9 Å². The van der Waals surface area contributed by atoms with E-state index in [4.69, 9.17) is 16.6 Å². The third-order valence-electron chi connectivity index (χ3n) is 3.15. The number of hydrogen-bond acceptors (Lipinski definition) is 2. The van der Waals surface area contributed by atoms with Gasteiger partial charge in [0.2, 0.25) is 0 Å². The van der Waals surface area contributed by atoms with Gasteiger partial charge >= 0.3 is 0 Å². The molecule has 3 nitrogen and oxygen atoms in total. The predicted molar refractivity (Wildman–Crippen MR) is 90.2 cm³/mol. The highest BCUT2D eigenvalue weighted by molar-refractivity contribution is 14.1. The van der Waals surface area contributed by atoms with Crippen LogP contribution in [0.4, 0.5) is 0 Å². The van der Waals surface area contributed by atoms with Crippen molar-refractivity contribution >= 4 is 45.2 Å². The van der Waals surface area contributed by atoms with E-state index in [1.807, 2.05) is 24.4 Å². The maximum absolute atomic E-state index is 5.90. The predicted octanol–water partition coefficient (Wildman–Crippen LogP) is 3.87. The van der Waals surface area contributed by atoms with Crippen LogP contribution in [0.1, 0.15) is 11.5 Å². The minimum Gasteiger partial charge on any atom is -0.322 e. The van der Waals surface area contributed by atoms with E-state index in [2.05, 4.69) is 50.3 Å². The second-order valence-corrected chi connectivity index (χ2v) is 6.13. The molecule has 0 unspecified atom stereocenters. The van der Waals surface area contributed by atoms with Gasteiger partial charge < -0.3 is 4.57 Å². The van der Waals surface area contributed by atoms with E-state index >= 15 is 0 Å². The van der Waals surface area contributed by atoms with Gasteiger partial charge in [-0.2, -0.15) is 0 Å². The first-order valence-electron chi connectivity index (χ1n) is 6.38. The smallest absolute Gasteiger partial charge is 0.111 e. The molecule has 0 N–H and O–H groups in total. The number of benzene rings is 1. The van der Waals surface area contributed by atoms with Crippen molar-refractivity contribution in [1.82, 2.24) is 14.5 Å². The molecule has 0 aliphatic carbocycles. The maximum Gasteiger partial charge on any atom is 0.111 e. The van der Waals surface area contributed by atoms with E-state index in [0.717, 1.165) is 35.5 Å². The highest BCUT2D eigenvalue weighted by Crippen LogP contribution is 2.20. The van der Waals surface area contributed by atoms with Crippen molar-refractivity contribution in [2.24, 2.45) is 0 Å². The van der Waals surface area contributed by atoms with Gasteiger partial charge in [-0.25, -0.2) is 4.98 Å². The highest BCUT2D eigenvalue weighted by Gasteiger charge is 2.11. The lowest BCUT2D eigenvalue weighted by atomic mass is 10.3. The fourth-order valence-electron chi connectivity index (χ4n) is 2.26. The van der Waals surface area contributed by atoms with Gasteiger partial charge in [0, 0.05) is 22.1 Å². The van der Waals surface area contributed by atoms with Crippen molar-refractivity contribution < 1.29 is 0 Å². The Morgan fingerprint density at radius 2 is 2.10 bits per heavy atom. The monoisotopic (exact) mass is 397 g/mol. The summed E-state index contributed by atoms with van der Waals surface area (Å²) in [5, 5.41) is 0. The molecule has 0 fully saturated rings. The summed E-state index contributed by atoms with van der Waals surface area (Å²) in [5.41, 5.74) is 3.19. The Hall–Kier alpha value is -1.14. The Kier molecular flexibility index (Phi) is 4.21. The topological polar surface area (TPSA) is 30.7 Å². The average Bonchev–Trinajstić information content (AvgIpc) is 2.77. The Balaban J connectivity index is 2.09. The van der Waals surface area contributed by atoms with Crippen molar-refractivity contribution in [2.45, 2.75) is 13.0 Å². The Bertz CT molecular complexity index is 725. The summed E-state index contributed by atoms with van der Waals surface area (Å²) in [6, 6.07) is 12.3. The molecule has 102 valence electrons. The molecule has 2 aromatic heterocycles. The van der Waals surface area contributed by atoms with Crippen LogP contribution in [0.25, 0.3) is 11.0 Å². The summed E-state index contributed by atoms with van der Waals surface area (Å²) < 4.78 is 3.39. The highest BCUT2D eigenvalue weighted by atomic mass is 127. The Morgan fingerprint density at radius 1 is 1.20 bits per heavy atom. The van der Waals surface area contributed by atoms with Crippen LogP contribution in [0.15, 0.2) is 42.6 Å². The second kappa shape index (κ2) is 6.10. The molecule has 0 aliphatic rings. The molecule has 0 aliphatic heterocycles. The van der Waals surface area contributed by atoms with Gasteiger partial charge in [-0.1, -0.05) is 6.07 Å². The maximum atomic E-state index is 5.90. The van der Waals surface area contributed by atoms with Gasteiger partial charge in [0.25, 0.3) is 0 Å². The molecule has 20 heavy (non-hydrogen) atoms. The van der Waals surface area contributed by atoms with Gasteiger partial charge in [0.1, 0.15) is 5.82 Å². The van der Waals surface area contributed by atoms with Crippen molar-refractivity contribution in [3.05, 3.63) is 57.7 Å². The molecule has 1 aromatic carbocycles. The lowest BCUT2D eigenvalue weighted by Gasteiger charge is -2.08. The third kappa shape index (κ3) is 2.81. The molecule has 0 atom stereocenters. The molecule has 3 aromatic rings. The number of imidazole rings is 1. The summed E-state index contributed by atoms with van der Waals surface area (Å²) in [4.78, 5) is 9.10. The fraction of sp³-hybridized carbons (Fsp3) is 0.200. The van der Waals surface area contributed by atoms with Crippen LogP contribution in [0.2, 0.25) is 0 Å². The van der Waals surface area contributed by atoms with Crippen molar-refractivity contribution in [3.63, 3.8) is 0 Å². The molecule has 0 saturated carbocycles. The van der Waals surface area contributed by atoms with Gasteiger partial charge in [-0.15, -0.1) is 11.6 Å². The van der Waals surface area contributed by atoms with Gasteiger partial charge in [0.15, 0.2) is 0 Å². The SMILES string of the molecule is ClCCc1nc2cc(I)ccc2n1Cc1ccccn1. The number of aromatic nitrogens is 3. The van der Waals surface area contributed by atoms with Crippen LogP contribution in [-0.4, -0.2) is 20.4 Å². The van der Waals surface area contributed by atoms with Gasteiger partial charge in [0.05, 0.1) is 23.3 Å². The van der Waals surface area contributed by atoms with Crippen molar-refractivity contribution in [2.75, 3.05) is 5.88 Å². The van der Waals surface area contributed by atoms with E-state index in [1.54, 1.807) is 0 Å². The van der Waals surface area contributed by atoms with Crippen LogP contribution in [0, 0.1) is 3.57 Å². The fourth-order valence-corrected chi connectivity index (χ4v) is 2.90. The number of fused-ring (bicyclic) bond motifs is 1. The number of rotatable bonds is 4. The van der Waals surface area contributed by atoms with E-state index < -0.39 is 0 Å². The number of hydrogen-bond donors (Lipinski definition) is 0. The number of nitrogens with zero attached hydrogens (tertiary/aromatic N) is 3. The standard InChI is InChI=1S/C15H13ClIN3/c16-7-6-15-19-13-9-11(17)4-5-14(13)20(15)10-12-3-1-2-8-18-12/h1-5,8-9H,6-7,10H2. The number of pyridine rings is 1. The zero-order valence-corrected chi connectivity index (χ0v) is 13.7. The average molecular weight is 398 g/mol. The molecule has 0 saturated heterocycles. The summed E-state index contributed by atoms with van der Waals surface area (Å²) in [6.07, 6.45) is 2.58. The van der Waals surface area contributed by atoms with E-state index in [0.29, 0.717) is 5.88 Å². The van der Waals surface area contributed by atoms with E-state index in [1.165, 1.54) is 3.57 Å². The molecule has 5 heteroatoms. The zero-order chi connectivity index (χ0) is 13.9. The number of halogens is 2.